The van der Waals surface area contributed by atoms with Gasteiger partial charge in [-0.3, -0.25) is 29.0 Å². The fraction of sp³-hybridized carbons (Fsp3) is 0.500. The lowest BCUT2D eigenvalue weighted by molar-refractivity contribution is -0.141. The second-order valence-corrected chi connectivity index (χ2v) is 20.3. The molecule has 0 radical (unpaired) electrons. The molecule has 0 bridgehead atoms. The van der Waals surface area contributed by atoms with Gasteiger partial charge in [0.15, 0.2) is 0 Å². The maximum absolute atomic E-state index is 14.0. The molecule has 72 heavy (non-hydrogen) atoms. The lowest BCUT2D eigenvalue weighted by Gasteiger charge is -2.38. The highest BCUT2D eigenvalue weighted by Crippen LogP contribution is 2.52. The van der Waals surface area contributed by atoms with Crippen molar-refractivity contribution < 1.29 is 29.3 Å². The van der Waals surface area contributed by atoms with Crippen LogP contribution in [-0.2, 0) is 35.8 Å². The Morgan fingerprint density at radius 3 is 1.29 bits per heavy atom. The number of fused-ring (bicyclic) bond motifs is 6. The number of benzene rings is 2. The maximum Gasteiger partial charge on any atom is 0.258 e. The molecule has 16 nitrogen and oxygen atoms in total. The number of piperazine rings is 2. The number of amides is 2. The van der Waals surface area contributed by atoms with Crippen molar-refractivity contribution in [2.75, 3.05) is 93.9 Å². The number of ether oxygens (including phenoxy) is 2. The lowest BCUT2D eigenvalue weighted by atomic mass is 9.88. The molecule has 6 aliphatic rings. The smallest absolute Gasteiger partial charge is 0.258 e. The summed E-state index contributed by atoms with van der Waals surface area (Å²) < 4.78 is 15.0. The van der Waals surface area contributed by atoms with Crippen molar-refractivity contribution in [1.29, 1.82) is 0 Å². The number of pyridine rings is 2. The number of likely N-dealkylation sites (N-methyl/N-ethyl adjacent to an activating group) is 2. The van der Waals surface area contributed by atoms with Gasteiger partial charge in [0.1, 0.15) is 11.5 Å². The Bertz CT molecular complexity index is 2590. The van der Waals surface area contributed by atoms with E-state index >= 15 is 0 Å². The van der Waals surface area contributed by atoms with Crippen molar-refractivity contribution in [3.05, 3.63) is 139 Å². The first-order chi connectivity index (χ1) is 35.0. The third kappa shape index (κ3) is 9.48. The van der Waals surface area contributed by atoms with Crippen LogP contribution in [0.3, 0.4) is 0 Å². The van der Waals surface area contributed by atoms with Gasteiger partial charge in [0.2, 0.25) is 11.8 Å². The summed E-state index contributed by atoms with van der Waals surface area (Å²) in [5, 5.41) is 21.2. The number of allylic oxidation sites excluding steroid dienone is 2. The van der Waals surface area contributed by atoms with Crippen molar-refractivity contribution in [3.8, 4) is 11.5 Å². The van der Waals surface area contributed by atoms with Gasteiger partial charge < -0.3 is 48.4 Å². The predicted octanol–water partition coefficient (Wildman–Crippen LogP) is 3.66. The van der Waals surface area contributed by atoms with Crippen LogP contribution in [0.1, 0.15) is 59.6 Å². The summed E-state index contributed by atoms with van der Waals surface area (Å²) in [7, 11) is 7.45. The van der Waals surface area contributed by atoms with Gasteiger partial charge in [0, 0.05) is 149 Å². The van der Waals surface area contributed by atoms with Crippen LogP contribution in [0.25, 0.3) is 12.2 Å². The van der Waals surface area contributed by atoms with Crippen LogP contribution in [0.5, 0.6) is 11.5 Å². The molecule has 2 N–H and O–H groups in total. The topological polar surface area (TPSA) is 157 Å². The number of aliphatic hydroxyl groups excluding tert-OH is 2. The third-order valence-corrected chi connectivity index (χ3v) is 16.4. The molecule has 10 rings (SSSR count). The molecule has 384 valence electrons. The normalized spacial score (nSPS) is 26.4. The molecule has 4 fully saturated rings. The summed E-state index contributed by atoms with van der Waals surface area (Å²) in [6.45, 7) is 11.7. The Kier molecular flexibility index (Phi) is 15.7. The van der Waals surface area contributed by atoms with Crippen LogP contribution in [-0.4, -0.2) is 167 Å². The summed E-state index contributed by atoms with van der Waals surface area (Å²) in [6, 6.07) is 22.3. The highest BCUT2D eigenvalue weighted by atomic mass is 16.5. The van der Waals surface area contributed by atoms with Crippen molar-refractivity contribution in [1.82, 2.24) is 38.5 Å². The third-order valence-electron chi connectivity index (χ3n) is 16.4. The molecule has 2 aromatic carbocycles. The number of carbonyl (C=O) groups is 2. The minimum atomic E-state index is -0.461. The molecule has 6 aliphatic heterocycles. The number of aromatic nitrogens is 2. The highest BCUT2D eigenvalue weighted by molar-refractivity contribution is 5.84. The molecular weight excluding hydrogens is 913 g/mol. The molecule has 0 unspecified atom stereocenters. The van der Waals surface area contributed by atoms with E-state index in [0.29, 0.717) is 63.5 Å². The Morgan fingerprint density at radius 2 is 0.944 bits per heavy atom. The Morgan fingerprint density at radius 1 is 0.569 bits per heavy atom. The molecule has 0 aliphatic carbocycles. The Balaban J connectivity index is 0.000000178. The van der Waals surface area contributed by atoms with Crippen LogP contribution >= 0.6 is 0 Å². The van der Waals surface area contributed by atoms with E-state index in [0.717, 1.165) is 60.2 Å². The van der Waals surface area contributed by atoms with E-state index in [1.165, 1.54) is 0 Å². The van der Waals surface area contributed by atoms with E-state index in [-0.39, 0.29) is 71.9 Å². The molecule has 4 saturated heterocycles. The van der Waals surface area contributed by atoms with E-state index in [1.807, 2.05) is 130 Å². The number of hydrogen-bond acceptors (Lipinski definition) is 12. The number of nitrogens with zero attached hydrogens (tertiary/aromatic N) is 8. The van der Waals surface area contributed by atoms with Gasteiger partial charge in [-0.05, 0) is 64.3 Å². The first-order valence-corrected chi connectivity index (χ1v) is 25.6. The molecule has 8 heterocycles. The molecule has 2 amide bonds. The zero-order valence-corrected chi connectivity index (χ0v) is 42.7. The number of methoxy groups -OCH3 is 2. The average molecular weight is 985 g/mol. The summed E-state index contributed by atoms with van der Waals surface area (Å²) >= 11 is 0. The van der Waals surface area contributed by atoms with E-state index < -0.39 is 12.1 Å². The van der Waals surface area contributed by atoms with Crippen molar-refractivity contribution >= 4 is 24.0 Å². The second-order valence-electron chi connectivity index (χ2n) is 20.3. The fourth-order valence-corrected chi connectivity index (χ4v) is 12.7. The quantitative estimate of drug-likeness (QED) is 0.213. The minimum absolute atomic E-state index is 0.0177. The van der Waals surface area contributed by atoms with Gasteiger partial charge in [0.25, 0.3) is 11.1 Å². The number of hydrogen-bond donors (Lipinski definition) is 2. The van der Waals surface area contributed by atoms with Crippen molar-refractivity contribution in [2.45, 2.75) is 64.2 Å². The SMILES string of the molecule is C/C=C/c1ccc2n(c1=O)C[C@H]1[C@H](CO)[C@@H](C(=O)N3CCN(C)CC3)N(Cc3ccccc3OC)[C@@H]21.C/C=C\c1ccc2n(c1=O)C[C@H]1[C@H](CO)[C@@H](C(=O)N3CCN(C)CC3)N(Cc3ccccc3OC)[C@@H]21. The first kappa shape index (κ1) is 51.0. The molecule has 0 saturated carbocycles. The van der Waals surface area contributed by atoms with Gasteiger partial charge >= 0.3 is 0 Å². The van der Waals surface area contributed by atoms with Crippen molar-refractivity contribution in [3.63, 3.8) is 0 Å². The monoisotopic (exact) mass is 985 g/mol. The van der Waals surface area contributed by atoms with E-state index in [1.54, 1.807) is 14.2 Å². The zero-order valence-electron chi connectivity index (χ0n) is 42.7. The Labute approximate surface area is 422 Å². The van der Waals surface area contributed by atoms with Gasteiger partial charge in [-0.15, -0.1) is 0 Å². The summed E-state index contributed by atoms with van der Waals surface area (Å²) in [5.41, 5.74) is 5.08. The highest BCUT2D eigenvalue weighted by Gasteiger charge is 2.58. The Hall–Kier alpha value is -5.88. The number of carbonyl (C=O) groups excluding carboxylic acids is 2. The zero-order chi connectivity index (χ0) is 50.8. The summed E-state index contributed by atoms with van der Waals surface area (Å²) in [5.74, 6) is 1.11. The largest absolute Gasteiger partial charge is 0.496 e. The second kappa shape index (κ2) is 22.1. The minimum Gasteiger partial charge on any atom is -0.496 e. The van der Waals surface area contributed by atoms with Crippen molar-refractivity contribution in [2.24, 2.45) is 23.7 Å². The predicted molar refractivity (Wildman–Crippen MR) is 277 cm³/mol. The van der Waals surface area contributed by atoms with E-state index in [2.05, 4.69) is 33.7 Å². The number of para-hydroxylation sites is 2. The van der Waals surface area contributed by atoms with Gasteiger partial charge in [-0.2, -0.15) is 0 Å². The molecular formula is C56H72N8O8. The summed E-state index contributed by atoms with van der Waals surface area (Å²) in [4.78, 5) is 67.4. The molecule has 4 aromatic rings. The number of likely N-dealkylation sites (tertiary alicyclic amines) is 2. The van der Waals surface area contributed by atoms with Crippen LogP contribution in [0.2, 0.25) is 0 Å². The number of rotatable bonds is 12. The van der Waals surface area contributed by atoms with Crippen LogP contribution < -0.4 is 20.6 Å². The van der Waals surface area contributed by atoms with E-state index in [9.17, 15) is 29.4 Å². The van der Waals surface area contributed by atoms with E-state index in [4.69, 9.17) is 9.47 Å². The molecule has 2 aromatic heterocycles. The number of aliphatic hydroxyl groups is 2. The fourth-order valence-electron chi connectivity index (χ4n) is 12.7. The molecule has 16 heteroatoms. The standard InChI is InChI=1S/2C28H36N4O4/c2*1-4-7-19-10-11-23-25-21(17-31(23)27(19)34)22(18-33)26(28(35)30-14-12-29(2)13-15-30)32(25)16-20-8-5-6-9-24(20)36-3/h2*4-11,21-22,25-26,33H,12-18H2,1-3H3/b7-4+;7-4-/t2*21-,22-,25+,26-/m00/s1. The van der Waals surface area contributed by atoms with Gasteiger partial charge in [-0.25, -0.2) is 0 Å². The first-order valence-electron chi connectivity index (χ1n) is 25.6. The summed E-state index contributed by atoms with van der Waals surface area (Å²) in [6.07, 6.45) is 7.41. The average Bonchev–Trinajstić information content (AvgIpc) is 4.14. The maximum atomic E-state index is 14.0. The molecule has 0 spiro atoms. The van der Waals surface area contributed by atoms with Crippen LogP contribution in [0, 0.1) is 23.7 Å². The van der Waals surface area contributed by atoms with Gasteiger partial charge in [0.05, 0.1) is 38.4 Å². The molecule has 8 atom stereocenters. The lowest BCUT2D eigenvalue weighted by Crippen LogP contribution is -2.55. The van der Waals surface area contributed by atoms with Crippen LogP contribution in [0.15, 0.2) is 94.5 Å². The van der Waals surface area contributed by atoms with Gasteiger partial charge in [-0.1, -0.05) is 60.7 Å². The van der Waals surface area contributed by atoms with Crippen LogP contribution in [0.4, 0.5) is 0 Å².